The van der Waals surface area contributed by atoms with Gasteiger partial charge < -0.3 is 4.12 Å². The second kappa shape index (κ2) is 28.0. The summed E-state index contributed by atoms with van der Waals surface area (Å²) in [5, 5.41) is 6.16. The van der Waals surface area contributed by atoms with E-state index < -0.39 is 18.1 Å². The summed E-state index contributed by atoms with van der Waals surface area (Å²) in [5.41, 5.74) is 12.1. The zero-order valence-electron chi connectivity index (χ0n) is 39.3. The molecule has 0 aromatic heterocycles. The zero-order chi connectivity index (χ0) is 42.2. The molecule has 0 atom stereocenters. The van der Waals surface area contributed by atoms with E-state index in [-0.39, 0.29) is 0 Å². The second-order valence-electron chi connectivity index (χ2n) is 17.6. The molecule has 0 aliphatic carbocycles. The Hall–Kier alpha value is -2.73. The van der Waals surface area contributed by atoms with Crippen LogP contribution in [0.25, 0.3) is 0 Å². The van der Waals surface area contributed by atoms with Gasteiger partial charge in [-0.2, -0.15) is 0 Å². The Bertz CT molecular complexity index is 1520. The zero-order valence-corrected chi connectivity index (χ0v) is 41.3. The molecule has 0 spiro atoms. The Morgan fingerprint density at radius 3 is 0.695 bits per heavy atom. The predicted molar refractivity (Wildman–Crippen MR) is 266 cm³/mol. The van der Waals surface area contributed by atoms with E-state index in [4.69, 9.17) is 4.12 Å². The number of hydrogen-bond donors (Lipinski definition) is 0. The Kier molecular flexibility index (Phi) is 23.2. The van der Waals surface area contributed by atoms with Crippen LogP contribution < -0.4 is 20.7 Å². The molecule has 0 aliphatic heterocycles. The highest BCUT2D eigenvalue weighted by atomic mass is 28.4. The minimum Gasteiger partial charge on any atom is -0.442 e. The molecule has 1 nitrogen and oxygen atoms in total. The SMILES string of the molecule is CCCCc1ccc(CCCC)c([Si](O[Si](c2cc(CCCC)ccc2CCCC)c2cc(CCCC)ccc2CCCC)c2cc(CCCC)ccc2CCCC)c1. The molecule has 59 heavy (non-hydrogen) atoms. The van der Waals surface area contributed by atoms with Crippen molar-refractivity contribution in [3.63, 3.8) is 0 Å². The van der Waals surface area contributed by atoms with Gasteiger partial charge in [-0.1, -0.05) is 180 Å². The van der Waals surface area contributed by atoms with Crippen molar-refractivity contribution in [3.05, 3.63) is 117 Å². The highest BCUT2D eigenvalue weighted by Gasteiger charge is 2.34. The van der Waals surface area contributed by atoms with Crippen molar-refractivity contribution in [1.82, 2.24) is 0 Å². The number of benzene rings is 4. The normalized spacial score (nSPS) is 11.7. The molecule has 0 amide bonds. The van der Waals surface area contributed by atoms with E-state index in [1.807, 2.05) is 0 Å². The third-order valence-electron chi connectivity index (χ3n) is 12.4. The van der Waals surface area contributed by atoms with Crippen molar-refractivity contribution in [3.8, 4) is 0 Å². The average molecular weight is 829 g/mol. The van der Waals surface area contributed by atoms with Crippen molar-refractivity contribution in [2.75, 3.05) is 0 Å². The van der Waals surface area contributed by atoms with Gasteiger partial charge in [0, 0.05) is 0 Å². The smallest absolute Gasteiger partial charge is 0.273 e. The van der Waals surface area contributed by atoms with E-state index in [1.165, 1.54) is 147 Å². The number of hydrogen-bond acceptors (Lipinski definition) is 1. The summed E-state index contributed by atoms with van der Waals surface area (Å²) >= 11 is 0. The Labute approximate surface area is 368 Å². The highest BCUT2D eigenvalue weighted by molar-refractivity contribution is 6.92. The first-order valence-corrected chi connectivity index (χ1v) is 27.7. The van der Waals surface area contributed by atoms with Crippen molar-refractivity contribution in [2.45, 2.75) is 209 Å². The van der Waals surface area contributed by atoms with Gasteiger partial charge in [-0.05, 0) is 168 Å². The topological polar surface area (TPSA) is 9.23 Å². The molecule has 322 valence electrons. The molecule has 0 unspecified atom stereocenters. The molecule has 0 saturated heterocycles. The van der Waals surface area contributed by atoms with Crippen molar-refractivity contribution < 1.29 is 4.12 Å². The van der Waals surface area contributed by atoms with Gasteiger partial charge in [0.15, 0.2) is 0 Å². The van der Waals surface area contributed by atoms with E-state index in [2.05, 4.69) is 128 Å². The highest BCUT2D eigenvalue weighted by Crippen LogP contribution is 2.20. The number of aryl methyl sites for hydroxylation is 8. The lowest BCUT2D eigenvalue weighted by Gasteiger charge is -2.30. The Balaban J connectivity index is 2.14. The van der Waals surface area contributed by atoms with Crippen LogP contribution in [0.1, 0.15) is 203 Å². The lowest BCUT2D eigenvalue weighted by molar-refractivity contribution is 0.629. The van der Waals surface area contributed by atoms with Gasteiger partial charge in [0.2, 0.25) is 0 Å². The van der Waals surface area contributed by atoms with Crippen molar-refractivity contribution in [2.24, 2.45) is 0 Å². The maximum absolute atomic E-state index is 8.52. The molecule has 3 heteroatoms. The van der Waals surface area contributed by atoms with Crippen LogP contribution in [0, 0.1) is 0 Å². The maximum atomic E-state index is 8.52. The van der Waals surface area contributed by atoms with Crippen LogP contribution in [-0.2, 0) is 55.5 Å². The van der Waals surface area contributed by atoms with Gasteiger partial charge >= 0.3 is 0 Å². The second-order valence-corrected chi connectivity index (χ2v) is 21.8. The van der Waals surface area contributed by atoms with Gasteiger partial charge in [-0.3, -0.25) is 0 Å². The third kappa shape index (κ3) is 15.3. The maximum Gasteiger partial charge on any atom is 0.273 e. The van der Waals surface area contributed by atoms with Crippen LogP contribution in [0.5, 0.6) is 0 Å². The van der Waals surface area contributed by atoms with Crippen molar-refractivity contribution >= 4 is 38.8 Å². The van der Waals surface area contributed by atoms with E-state index in [0.717, 1.165) is 51.4 Å². The van der Waals surface area contributed by atoms with Gasteiger partial charge in [0.25, 0.3) is 18.1 Å². The fourth-order valence-electron chi connectivity index (χ4n) is 8.44. The lowest BCUT2D eigenvalue weighted by Crippen LogP contribution is -2.58. The van der Waals surface area contributed by atoms with E-state index in [0.29, 0.717) is 0 Å². The largest absolute Gasteiger partial charge is 0.442 e. The summed E-state index contributed by atoms with van der Waals surface area (Å²) in [6, 6.07) is 30.6. The van der Waals surface area contributed by atoms with Crippen LogP contribution >= 0.6 is 0 Å². The Morgan fingerprint density at radius 2 is 0.492 bits per heavy atom. The van der Waals surface area contributed by atoms with Gasteiger partial charge in [0.1, 0.15) is 0 Å². The van der Waals surface area contributed by atoms with Crippen LogP contribution in [-0.4, -0.2) is 18.1 Å². The summed E-state index contributed by atoms with van der Waals surface area (Å²) in [6.07, 6.45) is 28.6. The van der Waals surface area contributed by atoms with Crippen molar-refractivity contribution in [1.29, 1.82) is 0 Å². The molecule has 0 fully saturated rings. The molecular formula is C56H84OSi2. The molecule has 0 saturated carbocycles. The molecule has 4 rings (SSSR count). The summed E-state index contributed by atoms with van der Waals surface area (Å²) in [7, 11) is -3.38. The van der Waals surface area contributed by atoms with E-state index >= 15 is 0 Å². The summed E-state index contributed by atoms with van der Waals surface area (Å²) in [5.74, 6) is 0. The average Bonchev–Trinajstić information content (AvgIpc) is 3.27. The van der Waals surface area contributed by atoms with Crippen LogP contribution in [0.4, 0.5) is 0 Å². The summed E-state index contributed by atoms with van der Waals surface area (Å²) < 4.78 is 8.52. The fourth-order valence-corrected chi connectivity index (χ4v) is 14.9. The third-order valence-corrected chi connectivity index (χ3v) is 17.8. The molecule has 0 N–H and O–H groups in total. The molecule has 4 aromatic carbocycles. The molecule has 2 radical (unpaired) electrons. The number of unbranched alkanes of at least 4 members (excludes halogenated alkanes) is 8. The van der Waals surface area contributed by atoms with Gasteiger partial charge in [-0.25, -0.2) is 0 Å². The minimum absolute atomic E-state index is 1.13. The summed E-state index contributed by atoms with van der Waals surface area (Å²) in [4.78, 5) is 0. The monoisotopic (exact) mass is 829 g/mol. The first kappa shape index (κ1) is 48.9. The predicted octanol–water partition coefficient (Wildman–Crippen LogP) is 13.4. The van der Waals surface area contributed by atoms with Crippen LogP contribution in [0.2, 0.25) is 0 Å². The summed E-state index contributed by atoms with van der Waals surface area (Å²) in [6.45, 7) is 18.7. The van der Waals surface area contributed by atoms with E-state index in [1.54, 1.807) is 20.7 Å². The molecule has 0 aliphatic rings. The molecular weight excluding hydrogens is 745 g/mol. The lowest BCUT2D eigenvalue weighted by atomic mass is 10.0. The van der Waals surface area contributed by atoms with E-state index in [9.17, 15) is 0 Å². The molecule has 0 bridgehead atoms. The van der Waals surface area contributed by atoms with Gasteiger partial charge in [0.05, 0.1) is 0 Å². The van der Waals surface area contributed by atoms with Crippen LogP contribution in [0.15, 0.2) is 72.8 Å². The molecule has 0 heterocycles. The minimum atomic E-state index is -1.69. The molecule has 4 aromatic rings. The number of rotatable bonds is 30. The standard InChI is InChI=1S/C56H84OSi2/c1-9-17-25-45-33-37-49(29-21-13-5)53(41-45)58(54-42-46(26-18-10-2)34-38-50(54)30-22-14-6)57-59(55-43-47(27-19-11-3)35-39-51(55)31-23-15-7)56-44-48(28-20-12-4)36-40-52(56)32-24-16-8/h33-44H,9-32H2,1-8H3. The Morgan fingerprint density at radius 1 is 0.288 bits per heavy atom. The first-order chi connectivity index (χ1) is 28.9. The first-order valence-electron chi connectivity index (χ1n) is 24.8. The van der Waals surface area contributed by atoms with Crippen LogP contribution in [0.3, 0.4) is 0 Å². The quantitative estimate of drug-likeness (QED) is 0.0476. The van der Waals surface area contributed by atoms with Gasteiger partial charge in [-0.15, -0.1) is 0 Å². The fraction of sp³-hybridized carbons (Fsp3) is 0.571.